The Labute approximate surface area is 214 Å². The van der Waals surface area contributed by atoms with Gasteiger partial charge in [-0.05, 0) is 32.1 Å². The molecule has 1 aliphatic heterocycles. The fourth-order valence-electron chi connectivity index (χ4n) is 4.56. The molecule has 2 fully saturated rings. The van der Waals surface area contributed by atoms with Crippen LogP contribution in [-0.4, -0.2) is 33.1 Å². The van der Waals surface area contributed by atoms with Gasteiger partial charge in [0, 0.05) is 12.6 Å². The molecule has 9 nitrogen and oxygen atoms in total. The Morgan fingerprint density at radius 1 is 1.12 bits per heavy atom. The normalized spacial score (nSPS) is 21.1. The Bertz CT molecular complexity index is 1060. The second-order valence-electron chi connectivity index (χ2n) is 10.1. The van der Waals surface area contributed by atoms with E-state index in [9.17, 15) is 9.59 Å². The highest BCUT2D eigenvalue weighted by Crippen LogP contribution is 2.37. The lowest BCUT2D eigenvalue weighted by Gasteiger charge is -2.24. The fraction of sp³-hybridized carbons (Fsp3) is 0.696. The lowest BCUT2D eigenvalue weighted by molar-refractivity contribution is -0.0930. The van der Waals surface area contributed by atoms with E-state index >= 15 is 0 Å². The van der Waals surface area contributed by atoms with Crippen molar-refractivity contribution in [2.24, 2.45) is 12.5 Å². The summed E-state index contributed by atoms with van der Waals surface area (Å²) in [6.45, 7) is 10.3. The number of ether oxygens (including phenoxy) is 2. The van der Waals surface area contributed by atoms with E-state index in [0.29, 0.717) is 23.6 Å². The molecule has 2 aromatic heterocycles. The molecule has 1 N–H and O–H groups in total. The predicted molar refractivity (Wildman–Crippen MR) is 140 cm³/mol. The molecule has 0 bridgehead atoms. The topological polar surface area (TPSA) is 101 Å². The van der Waals surface area contributed by atoms with Gasteiger partial charge in [0.2, 0.25) is 6.29 Å². The average Bonchev–Trinajstić information content (AvgIpc) is 3.43. The summed E-state index contributed by atoms with van der Waals surface area (Å²) in [5.41, 5.74) is 1.41. The number of nitrogens with one attached hydrogen (secondary N) is 1. The molecule has 2 atom stereocenters. The van der Waals surface area contributed by atoms with Gasteiger partial charge in [-0.2, -0.15) is 27.0 Å². The largest absolute Gasteiger partial charge is 0.355 e. The zero-order chi connectivity index (χ0) is 23.2. The summed E-state index contributed by atoms with van der Waals surface area (Å²) in [4.78, 5) is 26.2. The summed E-state index contributed by atoms with van der Waals surface area (Å²) in [5, 5.41) is 6.73. The standard InChI is InChI=1S/C23H34N4O5.2H2S/c1-13-17(25-32-19(13)22-30-12-16(31-22)23(3,4)5)20(28)24-18-14(2)26(6)27(21(18)29)15-10-8-7-9-11-15;;/h15-16,22H,7-12H2,1-6H3,(H,24,28);2*1H2/t16-,22+;;/m1../s1. The molecule has 192 valence electrons. The molecule has 2 aromatic rings. The van der Waals surface area contributed by atoms with Crippen LogP contribution >= 0.6 is 27.0 Å². The highest BCUT2D eigenvalue weighted by Gasteiger charge is 2.39. The molecule has 3 heterocycles. The minimum Gasteiger partial charge on any atom is -0.355 e. The highest BCUT2D eigenvalue weighted by molar-refractivity contribution is 7.59. The summed E-state index contributed by atoms with van der Waals surface area (Å²) in [5.74, 6) is -0.101. The Kier molecular flexibility index (Phi) is 9.17. The first kappa shape index (κ1) is 28.5. The van der Waals surface area contributed by atoms with Crippen LogP contribution < -0.4 is 10.9 Å². The maximum absolute atomic E-state index is 13.1. The Balaban J connectivity index is 0.00000204. The van der Waals surface area contributed by atoms with Crippen LogP contribution in [0.5, 0.6) is 0 Å². The van der Waals surface area contributed by atoms with Crippen molar-refractivity contribution in [3.05, 3.63) is 33.1 Å². The number of anilines is 1. The second-order valence-corrected chi connectivity index (χ2v) is 10.1. The minimum atomic E-state index is -0.699. The van der Waals surface area contributed by atoms with Gasteiger partial charge in [-0.3, -0.25) is 14.3 Å². The summed E-state index contributed by atoms with van der Waals surface area (Å²) in [6, 6.07) is 0.165. The van der Waals surface area contributed by atoms with E-state index in [4.69, 9.17) is 14.0 Å². The molecule has 1 saturated carbocycles. The van der Waals surface area contributed by atoms with Crippen molar-refractivity contribution in [1.29, 1.82) is 0 Å². The molecule has 1 saturated heterocycles. The molecular weight excluding hydrogens is 476 g/mol. The van der Waals surface area contributed by atoms with Gasteiger partial charge in [0.05, 0.1) is 24.4 Å². The van der Waals surface area contributed by atoms with Gasteiger partial charge in [-0.1, -0.05) is 45.2 Å². The van der Waals surface area contributed by atoms with Gasteiger partial charge in [-0.25, -0.2) is 4.68 Å². The third-order valence-electron chi connectivity index (χ3n) is 6.79. The minimum absolute atomic E-state index is 0. The van der Waals surface area contributed by atoms with Crippen LogP contribution in [-0.2, 0) is 16.5 Å². The average molecular weight is 515 g/mol. The maximum Gasteiger partial charge on any atom is 0.291 e. The Morgan fingerprint density at radius 2 is 1.76 bits per heavy atom. The molecular formula is C23H38N4O5S2. The number of aromatic nitrogens is 3. The number of carbonyl (C=O) groups is 1. The number of carbonyl (C=O) groups excluding carboxylic acids is 1. The van der Waals surface area contributed by atoms with Gasteiger partial charge in [0.1, 0.15) is 5.69 Å². The van der Waals surface area contributed by atoms with Crippen LogP contribution in [0.3, 0.4) is 0 Å². The Morgan fingerprint density at radius 3 is 2.35 bits per heavy atom. The smallest absolute Gasteiger partial charge is 0.291 e. The van der Waals surface area contributed by atoms with Crippen molar-refractivity contribution >= 4 is 38.6 Å². The van der Waals surface area contributed by atoms with Crippen LogP contribution in [0, 0.1) is 19.3 Å². The summed E-state index contributed by atoms with van der Waals surface area (Å²) in [7, 11) is 1.86. The lowest BCUT2D eigenvalue weighted by atomic mass is 9.90. The zero-order valence-corrected chi connectivity index (χ0v) is 22.9. The molecule has 0 radical (unpaired) electrons. The molecule has 11 heteroatoms. The predicted octanol–water partition coefficient (Wildman–Crippen LogP) is 4.23. The molecule has 1 amide bonds. The van der Waals surface area contributed by atoms with Gasteiger partial charge >= 0.3 is 0 Å². The first-order valence-corrected chi connectivity index (χ1v) is 11.4. The maximum atomic E-state index is 13.1. The van der Waals surface area contributed by atoms with E-state index in [1.54, 1.807) is 11.6 Å². The zero-order valence-electron chi connectivity index (χ0n) is 20.9. The highest BCUT2D eigenvalue weighted by atomic mass is 32.1. The van der Waals surface area contributed by atoms with Gasteiger partial charge in [-0.15, -0.1) is 0 Å². The van der Waals surface area contributed by atoms with Crippen molar-refractivity contribution in [1.82, 2.24) is 14.5 Å². The fourth-order valence-corrected chi connectivity index (χ4v) is 4.56. The van der Waals surface area contributed by atoms with Gasteiger partial charge in [0.25, 0.3) is 11.5 Å². The summed E-state index contributed by atoms with van der Waals surface area (Å²) in [6.07, 6.45) is 4.61. The third kappa shape index (κ3) is 5.27. The van der Waals surface area contributed by atoms with Crippen LogP contribution in [0.25, 0.3) is 0 Å². The molecule has 0 unspecified atom stereocenters. The first-order chi connectivity index (χ1) is 15.1. The Hall–Kier alpha value is -1.69. The van der Waals surface area contributed by atoms with Crippen LogP contribution in [0.1, 0.15) is 92.7 Å². The molecule has 1 aliphatic carbocycles. The van der Waals surface area contributed by atoms with Crippen LogP contribution in [0.4, 0.5) is 5.69 Å². The second kappa shape index (κ2) is 10.9. The third-order valence-corrected chi connectivity index (χ3v) is 6.79. The lowest BCUT2D eigenvalue weighted by Crippen LogP contribution is -2.29. The molecule has 0 aromatic carbocycles. The van der Waals surface area contributed by atoms with E-state index in [-0.39, 0.29) is 61.5 Å². The molecule has 0 spiro atoms. The van der Waals surface area contributed by atoms with Gasteiger partial charge < -0.3 is 19.3 Å². The molecule has 34 heavy (non-hydrogen) atoms. The van der Waals surface area contributed by atoms with Crippen LogP contribution in [0.15, 0.2) is 9.32 Å². The first-order valence-electron chi connectivity index (χ1n) is 11.4. The number of hydrogen-bond acceptors (Lipinski definition) is 6. The number of hydrogen-bond donors (Lipinski definition) is 1. The quantitative estimate of drug-likeness (QED) is 0.655. The SMILES string of the molecule is Cc1c(C(=O)Nc2c(C)n(C)n(C3CCCCC3)c2=O)noc1[C@H]1OC[C@H](C(C)(C)C)O1.S.S. The number of amides is 1. The molecule has 4 rings (SSSR count). The van der Waals surface area contributed by atoms with E-state index in [0.717, 1.165) is 25.7 Å². The van der Waals surface area contributed by atoms with Crippen molar-refractivity contribution in [3.8, 4) is 0 Å². The van der Waals surface area contributed by atoms with E-state index in [1.807, 2.05) is 18.7 Å². The van der Waals surface area contributed by atoms with Crippen molar-refractivity contribution in [2.45, 2.75) is 85.2 Å². The van der Waals surface area contributed by atoms with E-state index in [1.165, 1.54) is 6.42 Å². The van der Waals surface area contributed by atoms with Gasteiger partial charge in [0.15, 0.2) is 11.5 Å². The van der Waals surface area contributed by atoms with E-state index < -0.39 is 12.2 Å². The molecule has 2 aliphatic rings. The van der Waals surface area contributed by atoms with Crippen molar-refractivity contribution in [2.75, 3.05) is 11.9 Å². The van der Waals surface area contributed by atoms with Crippen molar-refractivity contribution in [3.63, 3.8) is 0 Å². The summed E-state index contributed by atoms with van der Waals surface area (Å²) < 4.78 is 20.8. The van der Waals surface area contributed by atoms with Crippen molar-refractivity contribution < 1.29 is 18.8 Å². The number of nitrogens with zero attached hydrogens (tertiary/aromatic N) is 3. The summed E-state index contributed by atoms with van der Waals surface area (Å²) >= 11 is 0. The number of rotatable bonds is 4. The van der Waals surface area contributed by atoms with Crippen LogP contribution in [0.2, 0.25) is 0 Å². The monoisotopic (exact) mass is 514 g/mol. The van der Waals surface area contributed by atoms with E-state index in [2.05, 4.69) is 31.2 Å².